The van der Waals surface area contributed by atoms with Crippen LogP contribution in [0.2, 0.25) is 4.34 Å². The molecule has 0 spiro atoms. The second-order valence-electron chi connectivity index (χ2n) is 13.8. The first kappa shape index (κ1) is 53.4. The first-order valence-electron chi connectivity index (χ1n) is 19.9. The number of alkyl halides is 9. The van der Waals surface area contributed by atoms with Crippen molar-refractivity contribution >= 4 is 81.4 Å². The molecule has 3 amide bonds. The molecule has 0 saturated carbocycles. The number of nitrogens with one attached hydrogen (secondary N) is 3. The van der Waals surface area contributed by atoms with E-state index in [0.29, 0.717) is 9.21 Å². The van der Waals surface area contributed by atoms with Crippen molar-refractivity contribution in [3.63, 3.8) is 0 Å². The van der Waals surface area contributed by atoms with Gasteiger partial charge in [0.1, 0.15) is 17.2 Å². The largest absolute Gasteiger partial charge is 0.573 e. The number of amides is 3. The van der Waals surface area contributed by atoms with E-state index in [1.165, 1.54) is 70.4 Å². The van der Waals surface area contributed by atoms with Crippen LogP contribution in [0.1, 0.15) is 36.0 Å². The molecule has 0 atom stereocenters. The molecular formula is C43H25ClF9N9O9S3. The first-order valence-corrected chi connectivity index (χ1v) is 22.8. The van der Waals surface area contributed by atoms with Crippen LogP contribution in [-0.2, 0) is 0 Å². The number of ether oxygens (including phenoxy) is 3. The summed E-state index contributed by atoms with van der Waals surface area (Å²) in [6.07, 6.45) is -14.5. The van der Waals surface area contributed by atoms with E-state index in [1.807, 2.05) is 18.4 Å². The van der Waals surface area contributed by atoms with Crippen LogP contribution in [0.15, 0.2) is 128 Å². The standard InChI is InChI=1S/C15H10F3N3O3S.C14H7ClF3N3O3S.C14H8F3N3O3S/c1-8-5-6-11(25-8)13-20-21-14(23-13)19-12(22)9-3-2-4-10(7-9)24-15(16,17)18;15-10-5-4-9(25-10)12-20-21-13(23-12)19-11(22)7-2-1-3-8(6-7)24-14(16,17)18;15-14(16,17)23-9-4-1-3-8(7-9)11(21)18-13-20-19-12(22-13)10-5-2-6-24-10/h2-7H,1H3,(H,19,21,22);1-6H,(H,19,21,22);1-7H,(H,18,20,21). The lowest BCUT2D eigenvalue weighted by atomic mass is 10.2. The minimum absolute atomic E-state index is 0.0477. The van der Waals surface area contributed by atoms with Gasteiger partial charge in [0, 0.05) is 21.6 Å². The summed E-state index contributed by atoms with van der Waals surface area (Å²) in [4.78, 5) is 39.4. The van der Waals surface area contributed by atoms with Gasteiger partial charge in [-0.05, 0) is 97.2 Å². The van der Waals surface area contributed by atoms with Crippen LogP contribution in [0.5, 0.6) is 17.2 Å². The average molecular weight is 1110 g/mol. The van der Waals surface area contributed by atoms with Crippen molar-refractivity contribution in [2.75, 3.05) is 16.0 Å². The van der Waals surface area contributed by atoms with E-state index in [-0.39, 0.29) is 52.4 Å². The molecular weight excluding hydrogens is 1090 g/mol. The van der Waals surface area contributed by atoms with Crippen LogP contribution in [0.4, 0.5) is 57.6 Å². The Labute approximate surface area is 423 Å². The van der Waals surface area contributed by atoms with Crippen LogP contribution in [0, 0.1) is 6.92 Å². The fourth-order valence-electron chi connectivity index (χ4n) is 5.51. The summed E-state index contributed by atoms with van der Waals surface area (Å²) in [5, 5.41) is 31.1. The molecule has 0 aliphatic rings. The highest BCUT2D eigenvalue weighted by atomic mass is 35.5. The summed E-state index contributed by atoms with van der Waals surface area (Å²) < 4.78 is 138. The summed E-state index contributed by atoms with van der Waals surface area (Å²) in [5.41, 5.74) is -0.165. The highest BCUT2D eigenvalue weighted by molar-refractivity contribution is 7.19. The van der Waals surface area contributed by atoms with Crippen LogP contribution in [0.25, 0.3) is 32.3 Å². The zero-order valence-corrected chi connectivity index (χ0v) is 39.5. The number of carbonyl (C=O) groups excluding carboxylic acids is 3. The number of thiophene rings is 3. The first-order chi connectivity index (χ1) is 35.0. The molecule has 3 N–H and O–H groups in total. The number of nitrogens with zero attached hydrogens (tertiary/aromatic N) is 6. The Balaban J connectivity index is 0.000000162. The molecule has 6 heterocycles. The van der Waals surface area contributed by atoms with Crippen molar-refractivity contribution in [1.29, 1.82) is 0 Å². The van der Waals surface area contributed by atoms with E-state index in [0.717, 1.165) is 51.0 Å². The predicted molar refractivity (Wildman–Crippen MR) is 246 cm³/mol. The van der Waals surface area contributed by atoms with Gasteiger partial charge < -0.3 is 27.5 Å². The second-order valence-corrected chi connectivity index (χ2v) is 17.8. The predicted octanol–water partition coefficient (Wildman–Crippen LogP) is 12.8. The van der Waals surface area contributed by atoms with Gasteiger partial charge in [0.15, 0.2) is 0 Å². The molecule has 74 heavy (non-hydrogen) atoms. The highest BCUT2D eigenvalue weighted by Gasteiger charge is 2.33. The Morgan fingerprint density at radius 1 is 0.486 bits per heavy atom. The normalized spacial score (nSPS) is 11.3. The number of anilines is 3. The lowest BCUT2D eigenvalue weighted by Crippen LogP contribution is -2.18. The monoisotopic (exact) mass is 1110 g/mol. The third-order valence-corrected chi connectivity index (χ3v) is 11.5. The van der Waals surface area contributed by atoms with Crippen LogP contribution < -0.4 is 30.2 Å². The van der Waals surface area contributed by atoms with E-state index >= 15 is 0 Å². The van der Waals surface area contributed by atoms with Gasteiger partial charge in [0.25, 0.3) is 35.4 Å². The Morgan fingerprint density at radius 3 is 1.19 bits per heavy atom. The lowest BCUT2D eigenvalue weighted by molar-refractivity contribution is -0.275. The van der Waals surface area contributed by atoms with Gasteiger partial charge >= 0.3 is 37.1 Å². The molecule has 31 heteroatoms. The van der Waals surface area contributed by atoms with Gasteiger partial charge in [-0.2, -0.15) is 0 Å². The third-order valence-electron chi connectivity index (χ3n) is 8.39. The second kappa shape index (κ2) is 23.0. The number of hydrogen-bond donors (Lipinski definition) is 3. The molecule has 3 aromatic carbocycles. The van der Waals surface area contributed by atoms with E-state index in [2.05, 4.69) is 60.8 Å². The fraction of sp³-hybridized carbons (Fsp3) is 0.0930. The van der Waals surface area contributed by atoms with Crippen molar-refractivity contribution in [1.82, 2.24) is 30.6 Å². The summed E-state index contributed by atoms with van der Waals surface area (Å²) in [6, 6.07) is 23.9. The molecule has 9 aromatic rings. The SMILES string of the molecule is Cc1ccc(-c2nnc(NC(=O)c3cccc(OC(F)(F)F)c3)o2)s1.O=C(Nc1nnc(-c2ccc(Cl)s2)o1)c1cccc(OC(F)(F)F)c1.O=C(Nc1nnc(-c2cccs2)o1)c1cccc(OC(F)(F)F)c1. The van der Waals surface area contributed by atoms with Crippen molar-refractivity contribution < 1.29 is 81.4 Å². The van der Waals surface area contributed by atoms with Crippen molar-refractivity contribution in [2.24, 2.45) is 0 Å². The number of benzene rings is 3. The molecule has 9 rings (SSSR count). The molecule has 0 unspecified atom stereocenters. The van der Waals surface area contributed by atoms with Crippen molar-refractivity contribution in [3.05, 3.63) is 140 Å². The zero-order valence-electron chi connectivity index (χ0n) is 36.3. The number of rotatable bonds is 12. The molecule has 18 nitrogen and oxygen atoms in total. The number of carbonyl (C=O) groups is 3. The van der Waals surface area contributed by atoms with E-state index in [4.69, 9.17) is 24.9 Å². The molecule has 0 saturated heterocycles. The van der Waals surface area contributed by atoms with Gasteiger partial charge in [-0.15, -0.1) is 88.8 Å². The minimum Gasteiger partial charge on any atom is -0.406 e. The van der Waals surface area contributed by atoms with Crippen molar-refractivity contribution in [3.8, 4) is 49.6 Å². The summed E-state index contributed by atoms with van der Waals surface area (Å²) in [5.74, 6) is -3.03. The van der Waals surface area contributed by atoms with Gasteiger partial charge in [-0.3, -0.25) is 30.3 Å². The van der Waals surface area contributed by atoms with Gasteiger partial charge in [-0.1, -0.05) is 51.2 Å². The van der Waals surface area contributed by atoms with Gasteiger partial charge in [-0.25, -0.2) is 0 Å². The smallest absolute Gasteiger partial charge is 0.406 e. The van der Waals surface area contributed by atoms with E-state index in [1.54, 1.807) is 30.3 Å². The molecule has 0 fully saturated rings. The maximum Gasteiger partial charge on any atom is 0.573 e. The van der Waals surface area contributed by atoms with Crippen LogP contribution in [0.3, 0.4) is 0 Å². The maximum absolute atomic E-state index is 12.2. The Bertz CT molecular complexity index is 3210. The van der Waals surface area contributed by atoms with E-state index < -0.39 is 54.1 Å². The van der Waals surface area contributed by atoms with Crippen LogP contribution in [-0.4, -0.2) is 67.4 Å². The Kier molecular flexibility index (Phi) is 16.6. The van der Waals surface area contributed by atoms with Gasteiger partial charge in [0.2, 0.25) is 0 Å². The molecule has 0 radical (unpaired) electrons. The maximum atomic E-state index is 12.2. The zero-order chi connectivity index (χ0) is 53.2. The highest BCUT2D eigenvalue weighted by Crippen LogP contribution is 2.32. The van der Waals surface area contributed by atoms with E-state index in [9.17, 15) is 53.9 Å². The molecule has 0 aliphatic heterocycles. The Morgan fingerprint density at radius 2 is 0.865 bits per heavy atom. The molecule has 6 aromatic heterocycles. The topological polar surface area (TPSA) is 232 Å². The molecule has 0 bridgehead atoms. The summed E-state index contributed by atoms with van der Waals surface area (Å²) in [6.45, 7) is 1.92. The number of aryl methyl sites for hydroxylation is 1. The van der Waals surface area contributed by atoms with Crippen LogP contribution >= 0.6 is 45.6 Å². The average Bonchev–Trinajstić information content (AvgIpc) is 4.19. The minimum atomic E-state index is -4.85. The number of aromatic nitrogens is 6. The number of hydrogen-bond acceptors (Lipinski definition) is 18. The lowest BCUT2D eigenvalue weighted by Gasteiger charge is -2.09. The van der Waals surface area contributed by atoms with Gasteiger partial charge in [0.05, 0.1) is 19.0 Å². The molecule has 384 valence electrons. The molecule has 0 aliphatic carbocycles. The third kappa shape index (κ3) is 16.1. The number of halogens is 10. The summed E-state index contributed by atoms with van der Waals surface area (Å²) >= 11 is 9.84. The van der Waals surface area contributed by atoms with Crippen molar-refractivity contribution in [2.45, 2.75) is 26.0 Å². The fourth-order valence-corrected chi connectivity index (χ4v) is 7.91. The quantitative estimate of drug-likeness (QED) is 0.0966. The Hall–Kier alpha value is -8.35. The summed E-state index contributed by atoms with van der Waals surface area (Å²) in [7, 11) is 0.